The molecule has 0 amide bonds. The lowest BCUT2D eigenvalue weighted by molar-refractivity contribution is 0.0924. The highest BCUT2D eigenvalue weighted by Gasteiger charge is 2.30. The van der Waals surface area contributed by atoms with Crippen molar-refractivity contribution in [3.8, 4) is 0 Å². The van der Waals surface area contributed by atoms with Crippen molar-refractivity contribution in [2.45, 2.75) is 44.6 Å². The van der Waals surface area contributed by atoms with Gasteiger partial charge in [-0.1, -0.05) is 39.0 Å². The molecule has 114 valence electrons. The zero-order valence-corrected chi connectivity index (χ0v) is 13.9. The zero-order valence-electron chi connectivity index (χ0n) is 12.7. The fraction of sp³-hybridized carbons (Fsp3) is 1.00. The van der Waals surface area contributed by atoms with E-state index in [4.69, 9.17) is 18.3 Å². The van der Waals surface area contributed by atoms with Gasteiger partial charge >= 0.3 is 9.28 Å². The molecule has 19 heavy (non-hydrogen) atoms. The first-order valence-electron chi connectivity index (χ1n) is 7.50. The Kier molecular flexibility index (Phi) is 9.72. The number of ether oxygens (including phenoxy) is 2. The second-order valence-electron chi connectivity index (χ2n) is 5.35. The Labute approximate surface area is 119 Å². The van der Waals surface area contributed by atoms with E-state index in [2.05, 4.69) is 6.92 Å². The van der Waals surface area contributed by atoms with Crippen molar-refractivity contribution in [2.24, 2.45) is 5.92 Å². The molecule has 0 aromatic heterocycles. The third-order valence-corrected chi connectivity index (χ3v) is 6.49. The molecular weight excluding hydrogens is 260 g/mol. The summed E-state index contributed by atoms with van der Waals surface area (Å²) >= 11 is 0. The molecule has 5 heteroatoms. The minimum absolute atomic E-state index is 0.578. The predicted octanol–water partition coefficient (Wildman–Crippen LogP) is 2.50. The molecule has 4 nitrogen and oxygen atoms in total. The molecule has 0 aromatic rings. The molecule has 1 aliphatic carbocycles. The summed E-state index contributed by atoms with van der Waals surface area (Å²) in [5.74, 6) is 0.788. The van der Waals surface area contributed by atoms with Crippen LogP contribution in [0.2, 0.25) is 5.54 Å². The van der Waals surface area contributed by atoms with Gasteiger partial charge < -0.3 is 18.3 Å². The van der Waals surface area contributed by atoms with E-state index in [0.29, 0.717) is 32.0 Å². The molecule has 1 fully saturated rings. The first-order valence-corrected chi connectivity index (χ1v) is 9.11. The highest BCUT2D eigenvalue weighted by atomic mass is 28.3. The monoisotopic (exact) mass is 290 g/mol. The molecule has 0 saturated heterocycles. The second kappa shape index (κ2) is 10.8. The average molecular weight is 290 g/mol. The second-order valence-corrected chi connectivity index (χ2v) is 7.81. The van der Waals surface area contributed by atoms with Gasteiger partial charge in [0.25, 0.3) is 0 Å². The summed E-state index contributed by atoms with van der Waals surface area (Å²) in [5, 5.41) is 0. The smallest absolute Gasteiger partial charge is 0.324 e. The molecular formula is C14H30O4Si. The minimum atomic E-state index is -1.62. The van der Waals surface area contributed by atoms with Gasteiger partial charge in [-0.2, -0.15) is 0 Å². The Morgan fingerprint density at radius 3 is 1.89 bits per heavy atom. The van der Waals surface area contributed by atoms with Crippen LogP contribution in [0, 0.1) is 5.92 Å². The van der Waals surface area contributed by atoms with Crippen LogP contribution in [0.1, 0.15) is 39.0 Å². The lowest BCUT2D eigenvalue weighted by atomic mass is 9.87. The molecule has 0 N–H and O–H groups in total. The Balaban J connectivity index is 2.39. The highest BCUT2D eigenvalue weighted by Crippen LogP contribution is 2.35. The normalized spacial score (nSPS) is 18.9. The van der Waals surface area contributed by atoms with E-state index >= 15 is 0 Å². The van der Waals surface area contributed by atoms with Gasteiger partial charge in [0, 0.05) is 14.2 Å². The summed E-state index contributed by atoms with van der Waals surface area (Å²) in [6.07, 6.45) is 6.81. The maximum absolute atomic E-state index is 5.98. The fourth-order valence-electron chi connectivity index (χ4n) is 2.73. The van der Waals surface area contributed by atoms with Crippen LogP contribution in [0.5, 0.6) is 0 Å². The third-order valence-electron chi connectivity index (χ3n) is 3.96. The van der Waals surface area contributed by atoms with Crippen LogP contribution in [0.4, 0.5) is 0 Å². The van der Waals surface area contributed by atoms with Crippen LogP contribution >= 0.6 is 0 Å². The van der Waals surface area contributed by atoms with Gasteiger partial charge in [-0.05, 0) is 11.5 Å². The SMILES string of the molecule is COCCO[SiH](OCCOC)C(C)C1CCCCC1. The predicted molar refractivity (Wildman–Crippen MR) is 78.8 cm³/mol. The van der Waals surface area contributed by atoms with Crippen molar-refractivity contribution in [3.05, 3.63) is 0 Å². The molecule has 1 saturated carbocycles. The number of hydrogen-bond acceptors (Lipinski definition) is 4. The van der Waals surface area contributed by atoms with E-state index in [1.807, 2.05) is 0 Å². The van der Waals surface area contributed by atoms with E-state index in [-0.39, 0.29) is 0 Å². The maximum Gasteiger partial charge on any atom is 0.324 e. The van der Waals surface area contributed by atoms with Crippen molar-refractivity contribution in [1.29, 1.82) is 0 Å². The summed E-state index contributed by atoms with van der Waals surface area (Å²) < 4.78 is 22.1. The van der Waals surface area contributed by atoms with Gasteiger partial charge in [-0.15, -0.1) is 0 Å². The van der Waals surface area contributed by atoms with E-state index in [0.717, 1.165) is 5.92 Å². The maximum atomic E-state index is 5.98. The number of rotatable bonds is 10. The summed E-state index contributed by atoms with van der Waals surface area (Å²) in [6, 6.07) is 0. The van der Waals surface area contributed by atoms with E-state index in [1.165, 1.54) is 32.1 Å². The van der Waals surface area contributed by atoms with E-state index in [9.17, 15) is 0 Å². The van der Waals surface area contributed by atoms with Crippen LogP contribution in [-0.2, 0) is 18.3 Å². The first-order chi connectivity index (χ1) is 9.29. The topological polar surface area (TPSA) is 36.9 Å². The molecule has 0 spiro atoms. The van der Waals surface area contributed by atoms with Gasteiger partial charge in [-0.3, -0.25) is 0 Å². The number of hydrogen-bond donors (Lipinski definition) is 0. The molecule has 1 aliphatic rings. The van der Waals surface area contributed by atoms with Gasteiger partial charge in [-0.25, -0.2) is 0 Å². The minimum Gasteiger partial charge on any atom is -0.394 e. The third kappa shape index (κ3) is 6.86. The van der Waals surface area contributed by atoms with Crippen LogP contribution < -0.4 is 0 Å². The standard InChI is InChI=1S/C14H30O4Si/c1-13(14-7-5-4-6-8-14)19(17-11-9-15-2)18-12-10-16-3/h13-14,19H,4-12H2,1-3H3. The van der Waals surface area contributed by atoms with Crippen molar-refractivity contribution in [2.75, 3.05) is 40.6 Å². The van der Waals surface area contributed by atoms with Crippen molar-refractivity contribution >= 4 is 9.28 Å². The molecule has 0 aromatic carbocycles. The van der Waals surface area contributed by atoms with E-state index in [1.54, 1.807) is 14.2 Å². The summed E-state index contributed by atoms with van der Waals surface area (Å²) in [5.41, 5.74) is 0.578. The van der Waals surface area contributed by atoms with Crippen molar-refractivity contribution in [1.82, 2.24) is 0 Å². The lowest BCUT2D eigenvalue weighted by Crippen LogP contribution is -2.34. The molecule has 1 rings (SSSR count). The fourth-order valence-corrected chi connectivity index (χ4v) is 4.92. The van der Waals surface area contributed by atoms with Crippen molar-refractivity contribution in [3.63, 3.8) is 0 Å². The molecule has 0 radical (unpaired) electrons. The molecule has 0 aliphatic heterocycles. The molecule has 0 bridgehead atoms. The van der Waals surface area contributed by atoms with Gasteiger partial charge in [0.1, 0.15) is 0 Å². The van der Waals surface area contributed by atoms with Crippen molar-refractivity contribution < 1.29 is 18.3 Å². The summed E-state index contributed by atoms with van der Waals surface area (Å²) in [6.45, 7) is 4.91. The summed E-state index contributed by atoms with van der Waals surface area (Å²) in [4.78, 5) is 0. The Hall–Kier alpha value is 0.0569. The molecule has 1 unspecified atom stereocenters. The van der Waals surface area contributed by atoms with Gasteiger partial charge in [0.2, 0.25) is 0 Å². The van der Waals surface area contributed by atoms with Crippen LogP contribution in [-0.4, -0.2) is 49.9 Å². The molecule has 1 atom stereocenters. The van der Waals surface area contributed by atoms with Crippen LogP contribution in [0.3, 0.4) is 0 Å². The first kappa shape index (κ1) is 17.1. The van der Waals surface area contributed by atoms with Gasteiger partial charge in [0.05, 0.1) is 26.4 Å². The Morgan fingerprint density at radius 2 is 1.42 bits per heavy atom. The quantitative estimate of drug-likeness (QED) is 0.457. The largest absolute Gasteiger partial charge is 0.394 e. The zero-order chi connectivity index (χ0) is 13.9. The average Bonchev–Trinajstić information content (AvgIpc) is 2.46. The summed E-state index contributed by atoms with van der Waals surface area (Å²) in [7, 11) is 1.78. The lowest BCUT2D eigenvalue weighted by Gasteiger charge is -2.31. The molecule has 0 heterocycles. The van der Waals surface area contributed by atoms with E-state index < -0.39 is 9.28 Å². The highest BCUT2D eigenvalue weighted by molar-refractivity contribution is 6.46. The van der Waals surface area contributed by atoms with Crippen LogP contribution in [0.15, 0.2) is 0 Å². The Bertz CT molecular complexity index is 200. The van der Waals surface area contributed by atoms with Crippen LogP contribution in [0.25, 0.3) is 0 Å². The van der Waals surface area contributed by atoms with Gasteiger partial charge in [0.15, 0.2) is 0 Å². The Morgan fingerprint density at radius 1 is 0.895 bits per heavy atom. The number of methoxy groups -OCH3 is 2.